The zero-order valence-electron chi connectivity index (χ0n) is 11.4. The Morgan fingerprint density at radius 3 is 2.78 bits per heavy atom. The highest BCUT2D eigenvalue weighted by Crippen LogP contribution is 2.11. The normalized spacial score (nSPS) is 12.2. The van der Waals surface area contributed by atoms with E-state index in [1.807, 2.05) is 6.92 Å². The lowest BCUT2D eigenvalue weighted by Gasteiger charge is -2.11. The van der Waals surface area contributed by atoms with Crippen LogP contribution in [0, 0.1) is 13.8 Å². The Kier molecular flexibility index (Phi) is 6.41. The van der Waals surface area contributed by atoms with Crippen molar-refractivity contribution in [2.24, 2.45) is 0 Å². The van der Waals surface area contributed by atoms with Crippen LogP contribution in [-0.4, -0.2) is 17.3 Å². The van der Waals surface area contributed by atoms with Crippen LogP contribution < -0.4 is 5.32 Å². The van der Waals surface area contributed by atoms with Crippen molar-refractivity contribution in [2.45, 2.75) is 44.9 Å². The summed E-state index contributed by atoms with van der Waals surface area (Å²) in [6, 6.07) is 6.24. The fourth-order valence-corrected chi connectivity index (χ4v) is 2.49. The van der Waals surface area contributed by atoms with Crippen molar-refractivity contribution in [1.29, 1.82) is 0 Å². The van der Waals surface area contributed by atoms with Crippen LogP contribution in [-0.2, 0) is 11.2 Å². The molecule has 0 bridgehead atoms. The Morgan fingerprint density at radius 1 is 1.39 bits per heavy atom. The Hall–Kier alpha value is -0.830. The number of alkyl halides is 1. The Bertz CT molecular complexity index is 403. The zero-order chi connectivity index (χ0) is 13.5. The largest absolute Gasteiger partial charge is 0.355 e. The number of carbonyl (C=O) groups excluding carboxylic acids is 1. The van der Waals surface area contributed by atoms with Crippen molar-refractivity contribution in [3.05, 3.63) is 34.9 Å². The number of amides is 1. The van der Waals surface area contributed by atoms with Gasteiger partial charge < -0.3 is 5.32 Å². The molecule has 0 fully saturated rings. The molecule has 1 N–H and O–H groups in total. The van der Waals surface area contributed by atoms with Gasteiger partial charge in [0.05, 0.1) is 6.42 Å². The number of nitrogens with one attached hydrogen (secondary N) is 1. The molecular weight excluding hydrogens is 290 g/mol. The second kappa shape index (κ2) is 7.57. The number of hydrogen-bond acceptors (Lipinski definition) is 1. The highest BCUT2D eigenvalue weighted by molar-refractivity contribution is 9.09. The number of hydrogen-bond donors (Lipinski definition) is 1. The summed E-state index contributed by atoms with van der Waals surface area (Å²) < 4.78 is 0. The Balaban J connectivity index is 2.47. The van der Waals surface area contributed by atoms with E-state index in [2.05, 4.69) is 53.3 Å². The van der Waals surface area contributed by atoms with Crippen molar-refractivity contribution in [2.75, 3.05) is 6.54 Å². The van der Waals surface area contributed by atoms with Gasteiger partial charge in [0.25, 0.3) is 0 Å². The molecule has 0 radical (unpaired) electrons. The molecule has 0 saturated carbocycles. The van der Waals surface area contributed by atoms with Gasteiger partial charge in [0.1, 0.15) is 0 Å². The summed E-state index contributed by atoms with van der Waals surface area (Å²) in [5.74, 6) is 0.101. The lowest BCUT2D eigenvalue weighted by Crippen LogP contribution is -2.30. The van der Waals surface area contributed by atoms with Crippen molar-refractivity contribution in [3.8, 4) is 0 Å². The van der Waals surface area contributed by atoms with Crippen LogP contribution in [0.5, 0.6) is 0 Å². The summed E-state index contributed by atoms with van der Waals surface area (Å²) in [6.45, 7) is 6.95. The second-order valence-corrected chi connectivity index (χ2v) is 6.09. The molecule has 0 spiro atoms. The summed E-state index contributed by atoms with van der Waals surface area (Å²) in [5, 5.41) is 2.98. The van der Waals surface area contributed by atoms with Gasteiger partial charge in [-0.25, -0.2) is 0 Å². The van der Waals surface area contributed by atoms with Gasteiger partial charge in [0.15, 0.2) is 0 Å². The summed E-state index contributed by atoms with van der Waals surface area (Å²) in [5.41, 5.74) is 3.50. The SMILES string of the molecule is CCCC(Br)CNC(=O)Cc1cc(C)ccc1C. The molecular formula is C15H22BrNO. The first kappa shape index (κ1) is 15.2. The van der Waals surface area contributed by atoms with E-state index in [1.54, 1.807) is 0 Å². The molecule has 18 heavy (non-hydrogen) atoms. The monoisotopic (exact) mass is 311 g/mol. The minimum absolute atomic E-state index is 0.101. The fourth-order valence-electron chi connectivity index (χ4n) is 1.87. The summed E-state index contributed by atoms with van der Waals surface area (Å²) in [4.78, 5) is 12.2. The second-order valence-electron chi connectivity index (χ2n) is 4.80. The minimum Gasteiger partial charge on any atom is -0.355 e. The van der Waals surface area contributed by atoms with E-state index in [0.29, 0.717) is 17.8 Å². The van der Waals surface area contributed by atoms with Crippen molar-refractivity contribution >= 4 is 21.8 Å². The number of carbonyl (C=O) groups is 1. The van der Waals surface area contributed by atoms with Crippen LogP contribution in [0.4, 0.5) is 0 Å². The van der Waals surface area contributed by atoms with Crippen LogP contribution in [0.25, 0.3) is 0 Å². The lowest BCUT2D eigenvalue weighted by molar-refractivity contribution is -0.120. The smallest absolute Gasteiger partial charge is 0.224 e. The summed E-state index contributed by atoms with van der Waals surface area (Å²) in [7, 11) is 0. The number of benzene rings is 1. The molecule has 1 atom stereocenters. The van der Waals surface area contributed by atoms with Crippen molar-refractivity contribution in [3.63, 3.8) is 0 Å². The molecule has 100 valence electrons. The molecule has 0 aliphatic carbocycles. The first-order chi connectivity index (χ1) is 8.52. The van der Waals surface area contributed by atoms with Gasteiger partial charge in [-0.05, 0) is 31.4 Å². The summed E-state index contributed by atoms with van der Waals surface area (Å²) >= 11 is 3.56. The maximum absolute atomic E-state index is 11.9. The quantitative estimate of drug-likeness (QED) is 0.800. The van der Waals surface area contributed by atoms with E-state index in [1.165, 1.54) is 11.1 Å². The molecule has 0 aromatic heterocycles. The predicted octanol–water partition coefficient (Wildman–Crippen LogP) is 3.53. The van der Waals surface area contributed by atoms with Crippen LogP contribution in [0.1, 0.15) is 36.5 Å². The standard InChI is InChI=1S/C15H22BrNO/c1-4-5-14(16)10-17-15(18)9-13-8-11(2)6-7-12(13)3/h6-8,14H,4-5,9-10H2,1-3H3,(H,17,18). The molecule has 2 nitrogen and oxygen atoms in total. The molecule has 0 heterocycles. The topological polar surface area (TPSA) is 29.1 Å². The van der Waals surface area contributed by atoms with Crippen molar-refractivity contribution in [1.82, 2.24) is 5.32 Å². The molecule has 1 aromatic rings. The predicted molar refractivity (Wildman–Crippen MR) is 80.3 cm³/mol. The van der Waals surface area contributed by atoms with Crippen LogP contribution in [0.3, 0.4) is 0 Å². The van der Waals surface area contributed by atoms with Gasteiger partial charge in [-0.15, -0.1) is 0 Å². The molecule has 1 unspecified atom stereocenters. The highest BCUT2D eigenvalue weighted by Gasteiger charge is 2.08. The van der Waals surface area contributed by atoms with Gasteiger partial charge in [-0.3, -0.25) is 4.79 Å². The van der Waals surface area contributed by atoms with E-state index in [9.17, 15) is 4.79 Å². The lowest BCUT2D eigenvalue weighted by atomic mass is 10.0. The van der Waals surface area contributed by atoms with Crippen LogP contribution in [0.15, 0.2) is 18.2 Å². The molecule has 1 amide bonds. The summed E-state index contributed by atoms with van der Waals surface area (Å²) in [6.07, 6.45) is 2.69. The highest BCUT2D eigenvalue weighted by atomic mass is 79.9. The number of rotatable bonds is 6. The first-order valence-corrected chi connectivity index (χ1v) is 7.41. The maximum Gasteiger partial charge on any atom is 0.224 e. The third-order valence-corrected chi connectivity index (χ3v) is 3.76. The van der Waals surface area contributed by atoms with E-state index in [4.69, 9.17) is 0 Å². The molecule has 1 rings (SSSR count). The Morgan fingerprint density at radius 2 is 2.11 bits per heavy atom. The average Bonchev–Trinajstić information content (AvgIpc) is 2.32. The average molecular weight is 312 g/mol. The third kappa shape index (κ3) is 5.21. The van der Waals surface area contributed by atoms with Gasteiger partial charge >= 0.3 is 0 Å². The maximum atomic E-state index is 11.9. The van der Waals surface area contributed by atoms with E-state index in [-0.39, 0.29) is 5.91 Å². The fraction of sp³-hybridized carbons (Fsp3) is 0.533. The molecule has 0 saturated heterocycles. The van der Waals surface area contributed by atoms with Gasteiger partial charge in [0.2, 0.25) is 5.91 Å². The van der Waals surface area contributed by atoms with E-state index >= 15 is 0 Å². The zero-order valence-corrected chi connectivity index (χ0v) is 13.0. The number of aryl methyl sites for hydroxylation is 2. The molecule has 1 aromatic carbocycles. The van der Waals surface area contributed by atoms with Crippen molar-refractivity contribution < 1.29 is 4.79 Å². The molecule has 0 aliphatic heterocycles. The first-order valence-electron chi connectivity index (χ1n) is 6.49. The Labute approximate surface area is 118 Å². The van der Waals surface area contributed by atoms with E-state index < -0.39 is 0 Å². The van der Waals surface area contributed by atoms with Gasteiger partial charge in [0, 0.05) is 11.4 Å². The van der Waals surface area contributed by atoms with E-state index in [0.717, 1.165) is 18.4 Å². The number of halogens is 1. The molecule has 3 heteroatoms. The van der Waals surface area contributed by atoms with Gasteiger partial charge in [-0.1, -0.05) is 53.0 Å². The minimum atomic E-state index is 0.101. The van der Waals surface area contributed by atoms with Crippen LogP contribution >= 0.6 is 15.9 Å². The van der Waals surface area contributed by atoms with Gasteiger partial charge in [-0.2, -0.15) is 0 Å². The molecule has 0 aliphatic rings. The third-order valence-electron chi connectivity index (χ3n) is 2.98. The van der Waals surface area contributed by atoms with Crippen LogP contribution in [0.2, 0.25) is 0 Å².